The van der Waals surface area contributed by atoms with Gasteiger partial charge in [-0.1, -0.05) is 12.1 Å². The molecule has 2 aromatic rings. The van der Waals surface area contributed by atoms with Crippen LogP contribution in [0.1, 0.15) is 62.1 Å². The second kappa shape index (κ2) is 8.05. The zero-order valence-corrected chi connectivity index (χ0v) is 15.1. The van der Waals surface area contributed by atoms with Crippen molar-refractivity contribution in [3.63, 3.8) is 0 Å². The molecule has 11 heteroatoms. The molecule has 2 aromatic carbocycles. The molecular formula is C18H6MnO10. The van der Waals surface area contributed by atoms with Crippen LogP contribution in [0.2, 0.25) is 0 Å². The number of carboxylic acid groups (broad SMARTS) is 2. The predicted molar refractivity (Wildman–Crippen MR) is 81.0 cm³/mol. The van der Waals surface area contributed by atoms with Gasteiger partial charge in [0.1, 0.15) is 0 Å². The topological polar surface area (TPSA) is 167 Å². The van der Waals surface area contributed by atoms with Gasteiger partial charge in [-0.3, -0.25) is 0 Å². The summed E-state index contributed by atoms with van der Waals surface area (Å²) in [5.74, 6) is -5.97. The second-order valence-corrected chi connectivity index (χ2v) is 5.45. The second-order valence-electron chi connectivity index (χ2n) is 5.45. The Balaban J connectivity index is 0.000000200. The number of fused-ring (bicyclic) bond motifs is 2. The van der Waals surface area contributed by atoms with Gasteiger partial charge in [0.2, 0.25) is 0 Å². The molecule has 0 saturated carbocycles. The largest absolute Gasteiger partial charge is 2.00 e. The average Bonchev–Trinajstić information content (AvgIpc) is 3.10. The van der Waals surface area contributed by atoms with Crippen molar-refractivity contribution >= 4 is 35.8 Å². The van der Waals surface area contributed by atoms with Gasteiger partial charge in [-0.25, -0.2) is 19.2 Å². The molecule has 1 radical (unpaired) electrons. The third-order valence-electron chi connectivity index (χ3n) is 3.76. The van der Waals surface area contributed by atoms with Crippen molar-refractivity contribution in [3.8, 4) is 0 Å². The van der Waals surface area contributed by atoms with Crippen molar-refractivity contribution in [2.45, 2.75) is 0 Å². The number of aromatic carboxylic acids is 2. The smallest absolute Gasteiger partial charge is 0.545 e. The molecule has 0 N–H and O–H groups in total. The van der Waals surface area contributed by atoms with Crippen LogP contribution < -0.4 is 10.2 Å². The molecular weight excluding hydrogens is 431 g/mol. The molecule has 4 rings (SSSR count). The molecule has 0 amide bonds. The number of hydrogen-bond donors (Lipinski definition) is 0. The fourth-order valence-corrected chi connectivity index (χ4v) is 2.42. The van der Waals surface area contributed by atoms with Crippen molar-refractivity contribution in [1.82, 2.24) is 0 Å². The molecule has 0 unspecified atom stereocenters. The summed E-state index contributed by atoms with van der Waals surface area (Å²) in [5.41, 5.74) is -0.209. The van der Waals surface area contributed by atoms with Gasteiger partial charge in [0, 0.05) is 0 Å². The summed E-state index contributed by atoms with van der Waals surface area (Å²) in [5, 5.41) is 20.9. The van der Waals surface area contributed by atoms with Gasteiger partial charge in [-0.2, -0.15) is 0 Å². The fourth-order valence-electron chi connectivity index (χ4n) is 2.42. The summed E-state index contributed by atoms with van der Waals surface area (Å²) in [6, 6.07) is 6.97. The van der Waals surface area contributed by atoms with Gasteiger partial charge in [0.05, 0.1) is 34.2 Å². The number of ether oxygens (including phenoxy) is 2. The monoisotopic (exact) mass is 437 g/mol. The molecule has 0 atom stereocenters. The van der Waals surface area contributed by atoms with E-state index in [1.807, 2.05) is 0 Å². The Morgan fingerprint density at radius 1 is 0.586 bits per heavy atom. The van der Waals surface area contributed by atoms with Gasteiger partial charge < -0.3 is 29.3 Å². The molecule has 0 saturated heterocycles. The molecule has 2 heterocycles. The van der Waals surface area contributed by atoms with E-state index in [1.54, 1.807) is 0 Å². The van der Waals surface area contributed by atoms with E-state index >= 15 is 0 Å². The Bertz CT molecular complexity index is 1010. The van der Waals surface area contributed by atoms with Gasteiger partial charge in [0.15, 0.2) is 0 Å². The number of carbonyl (C=O) groups excluding carboxylic acids is 6. The summed E-state index contributed by atoms with van der Waals surface area (Å²) in [6.45, 7) is 0. The minimum absolute atomic E-state index is 0. The van der Waals surface area contributed by atoms with E-state index in [4.69, 9.17) is 0 Å². The first kappa shape index (κ1) is 21.5. The third kappa shape index (κ3) is 4.05. The van der Waals surface area contributed by atoms with Gasteiger partial charge in [-0.15, -0.1) is 0 Å². The molecule has 0 bridgehead atoms. The van der Waals surface area contributed by atoms with Crippen LogP contribution in [0.25, 0.3) is 0 Å². The molecule has 2 aliphatic rings. The number of rotatable bonds is 2. The maximum atomic E-state index is 11.0. The molecule has 145 valence electrons. The Labute approximate surface area is 171 Å². The quantitative estimate of drug-likeness (QED) is 0.314. The number of hydrogen-bond acceptors (Lipinski definition) is 10. The van der Waals surface area contributed by atoms with Crippen LogP contribution in [0.4, 0.5) is 0 Å². The van der Waals surface area contributed by atoms with Crippen LogP contribution in [0.5, 0.6) is 0 Å². The summed E-state index contributed by atoms with van der Waals surface area (Å²) < 4.78 is 8.55. The number of esters is 4. The third-order valence-corrected chi connectivity index (χ3v) is 3.76. The van der Waals surface area contributed by atoms with Crippen molar-refractivity contribution < 1.29 is 65.5 Å². The Hall–Kier alpha value is -3.82. The average molecular weight is 437 g/mol. The normalized spacial score (nSPS) is 13.2. The molecule has 0 aromatic heterocycles. The Kier molecular flexibility index (Phi) is 5.96. The van der Waals surface area contributed by atoms with Gasteiger partial charge >= 0.3 is 40.9 Å². The molecule has 0 fully saturated rings. The molecule has 10 nitrogen and oxygen atoms in total. The van der Waals surface area contributed by atoms with Crippen LogP contribution in [0.15, 0.2) is 36.4 Å². The van der Waals surface area contributed by atoms with Crippen LogP contribution >= 0.6 is 0 Å². The summed E-state index contributed by atoms with van der Waals surface area (Å²) in [4.78, 5) is 64.8. The van der Waals surface area contributed by atoms with Crippen molar-refractivity contribution in [2.75, 3.05) is 0 Å². The first-order valence-electron chi connectivity index (χ1n) is 7.43. The summed E-state index contributed by atoms with van der Waals surface area (Å²) in [6.07, 6.45) is 0. The SMILES string of the molecule is O=C([O-])c1ccc2c(c1)C(=O)OC2=O.O=C([O-])c1ccc2c(c1)C(=O)OC2=O.[Mn+2]. The van der Waals surface area contributed by atoms with Crippen molar-refractivity contribution in [1.29, 1.82) is 0 Å². The Morgan fingerprint density at radius 3 is 1.21 bits per heavy atom. The number of cyclic esters (lactones) is 4. The predicted octanol–water partition coefficient (Wildman–Crippen LogP) is -1.28. The minimum Gasteiger partial charge on any atom is -0.545 e. The van der Waals surface area contributed by atoms with Gasteiger partial charge in [0.25, 0.3) is 0 Å². The van der Waals surface area contributed by atoms with E-state index in [-0.39, 0.29) is 50.4 Å². The maximum Gasteiger partial charge on any atom is 2.00 e. The van der Waals surface area contributed by atoms with E-state index in [1.165, 1.54) is 24.3 Å². The molecule has 0 aliphatic carbocycles. The number of carbonyl (C=O) groups is 6. The van der Waals surface area contributed by atoms with E-state index < -0.39 is 35.8 Å². The van der Waals surface area contributed by atoms with E-state index in [2.05, 4.69) is 9.47 Å². The van der Waals surface area contributed by atoms with Crippen LogP contribution in [0, 0.1) is 0 Å². The van der Waals surface area contributed by atoms with E-state index in [9.17, 15) is 39.0 Å². The summed E-state index contributed by atoms with van der Waals surface area (Å²) >= 11 is 0. The summed E-state index contributed by atoms with van der Waals surface area (Å²) in [7, 11) is 0. The van der Waals surface area contributed by atoms with Crippen LogP contribution in [0.3, 0.4) is 0 Å². The van der Waals surface area contributed by atoms with Crippen molar-refractivity contribution in [3.05, 3.63) is 69.8 Å². The van der Waals surface area contributed by atoms with Gasteiger partial charge in [-0.05, 0) is 35.4 Å². The van der Waals surface area contributed by atoms with E-state index in [0.717, 1.165) is 12.1 Å². The van der Waals surface area contributed by atoms with Crippen LogP contribution in [-0.2, 0) is 26.5 Å². The number of benzene rings is 2. The maximum absolute atomic E-state index is 11.0. The van der Waals surface area contributed by atoms with Crippen LogP contribution in [-0.4, -0.2) is 35.8 Å². The molecule has 0 spiro atoms. The minimum atomic E-state index is -1.40. The Morgan fingerprint density at radius 2 is 0.897 bits per heavy atom. The molecule has 29 heavy (non-hydrogen) atoms. The number of carboxylic acids is 2. The molecule has 2 aliphatic heterocycles. The zero-order chi connectivity index (χ0) is 20.6. The standard InChI is InChI=1S/2C9H4O5.Mn/c2*10-7(11)4-1-2-5-6(3-4)9(13)14-8(5)12;/h2*1-3H,(H,10,11);/q;;+2/p-2. The zero-order valence-electron chi connectivity index (χ0n) is 13.9. The fraction of sp³-hybridized carbons (Fsp3) is 0. The van der Waals surface area contributed by atoms with Crippen molar-refractivity contribution in [2.24, 2.45) is 0 Å². The van der Waals surface area contributed by atoms with E-state index in [0.29, 0.717) is 0 Å². The first-order valence-corrected chi connectivity index (χ1v) is 7.43. The first-order chi connectivity index (χ1) is 13.2.